The number of nitrogens with zero attached hydrogens (tertiary/aromatic N) is 6. The SMILES string of the molecule is CC(=O)CCC(=O)O[C@H]1C[C@H](n2cnc3c(=O)[nH]c(NC(=O)C(C)C)nc32)O[C@@H]1C(OCCC#N)(OP(O)(O)=S)[C@@]1(O)C[C@H](n2ccc(N)nc2=O)O[C@@H]1CO. The number of hydrogen-bond donors (Lipinski definition) is 7. The van der Waals surface area contributed by atoms with Gasteiger partial charge in [0.2, 0.25) is 17.6 Å². The highest BCUT2D eigenvalue weighted by atomic mass is 32.5. The number of carbonyl (C=O) groups excluding carboxylic acids is 3. The second kappa shape index (κ2) is 16.9. The van der Waals surface area contributed by atoms with Crippen LogP contribution in [-0.4, -0.2) is 110 Å². The Kier molecular flexibility index (Phi) is 12.9. The van der Waals surface area contributed by atoms with Gasteiger partial charge >= 0.3 is 18.4 Å². The number of ketones is 1. The Balaban J connectivity index is 1.69. The Labute approximate surface area is 321 Å². The van der Waals surface area contributed by atoms with Crippen LogP contribution in [-0.2, 0) is 49.7 Å². The number of nitrogens with one attached hydrogen (secondary N) is 2. The number of aromatic nitrogens is 6. The maximum Gasteiger partial charge on any atom is 0.351 e. The number of aliphatic hydroxyl groups excluding tert-OH is 1. The largest absolute Gasteiger partial charge is 0.459 e. The van der Waals surface area contributed by atoms with Gasteiger partial charge in [-0.1, -0.05) is 13.8 Å². The van der Waals surface area contributed by atoms with Crippen molar-refractivity contribution in [3.05, 3.63) is 39.4 Å². The van der Waals surface area contributed by atoms with Crippen LogP contribution in [0.25, 0.3) is 11.2 Å². The van der Waals surface area contributed by atoms with Gasteiger partial charge in [-0.05, 0) is 24.8 Å². The van der Waals surface area contributed by atoms with E-state index in [-0.39, 0.29) is 41.6 Å². The monoisotopic (exact) mass is 825 g/mol. The number of esters is 1. The summed E-state index contributed by atoms with van der Waals surface area (Å²) in [5.74, 6) is -5.68. The second-order valence-corrected chi connectivity index (χ2v) is 15.9. The smallest absolute Gasteiger partial charge is 0.351 e. The predicted molar refractivity (Wildman–Crippen MR) is 192 cm³/mol. The zero-order valence-corrected chi connectivity index (χ0v) is 31.8. The molecule has 3 aromatic rings. The first-order valence-electron chi connectivity index (χ1n) is 17.0. The molecule has 0 radical (unpaired) electrons. The number of rotatable bonds is 16. The third-order valence-electron chi connectivity index (χ3n) is 8.98. The van der Waals surface area contributed by atoms with Crippen molar-refractivity contribution in [2.75, 3.05) is 24.3 Å². The minimum absolute atomic E-state index is 0.141. The number of nitriles is 1. The van der Waals surface area contributed by atoms with Crippen LogP contribution in [0.15, 0.2) is 28.2 Å². The number of aromatic amines is 1. The van der Waals surface area contributed by atoms with E-state index in [1.54, 1.807) is 13.8 Å². The van der Waals surface area contributed by atoms with E-state index in [0.717, 1.165) is 10.9 Å². The highest BCUT2D eigenvalue weighted by Crippen LogP contribution is 2.57. The molecule has 3 aromatic heterocycles. The Hall–Kier alpha value is -4.54. The molecule has 0 saturated carbocycles. The lowest BCUT2D eigenvalue weighted by molar-refractivity contribution is -0.347. The third-order valence-corrected chi connectivity index (χ3v) is 9.71. The van der Waals surface area contributed by atoms with Gasteiger partial charge in [0.15, 0.2) is 22.9 Å². The molecule has 5 heterocycles. The summed E-state index contributed by atoms with van der Waals surface area (Å²) in [6, 6.07) is 3.08. The number of nitrogen functional groups attached to an aromatic ring is 1. The maximum atomic E-state index is 13.2. The molecule has 56 heavy (non-hydrogen) atoms. The van der Waals surface area contributed by atoms with Gasteiger partial charge in [0, 0.05) is 31.4 Å². The average Bonchev–Trinajstić information content (AvgIpc) is 3.82. The molecule has 2 aliphatic heterocycles. The second-order valence-electron chi connectivity index (χ2n) is 13.3. The molecule has 0 spiro atoms. The highest BCUT2D eigenvalue weighted by molar-refractivity contribution is 8.06. The lowest BCUT2D eigenvalue weighted by atomic mass is 9.80. The minimum atomic E-state index is -5.02. The number of imidazole rings is 1. The number of nitrogens with two attached hydrogens (primary N) is 1. The van der Waals surface area contributed by atoms with E-state index in [1.165, 1.54) is 23.8 Å². The summed E-state index contributed by atoms with van der Waals surface area (Å²) >= 11 is 4.88. The number of aliphatic hydroxyl groups is 2. The molecule has 1 unspecified atom stereocenters. The molecule has 1 amide bonds. The first-order chi connectivity index (χ1) is 26.3. The van der Waals surface area contributed by atoms with Gasteiger partial charge in [-0.2, -0.15) is 15.2 Å². The van der Waals surface area contributed by atoms with Gasteiger partial charge in [-0.15, -0.1) is 0 Å². The van der Waals surface area contributed by atoms with Crippen LogP contribution < -0.4 is 22.3 Å². The van der Waals surface area contributed by atoms with Gasteiger partial charge in [0.1, 0.15) is 36.3 Å². The summed E-state index contributed by atoms with van der Waals surface area (Å²) in [6.45, 7) is -2.19. The number of ether oxygens (including phenoxy) is 4. The first-order valence-corrected chi connectivity index (χ1v) is 19.7. The minimum Gasteiger partial charge on any atom is -0.459 e. The van der Waals surface area contributed by atoms with E-state index in [0.29, 0.717) is 0 Å². The number of H-pyrrole nitrogens is 1. The summed E-state index contributed by atoms with van der Waals surface area (Å²) in [4.78, 5) is 99.3. The molecule has 7 atom stereocenters. The van der Waals surface area contributed by atoms with Gasteiger partial charge in [-0.3, -0.25) is 38.3 Å². The molecule has 25 heteroatoms. The van der Waals surface area contributed by atoms with Crippen molar-refractivity contribution >= 4 is 59.1 Å². The summed E-state index contributed by atoms with van der Waals surface area (Å²) in [5, 5.41) is 35.3. The van der Waals surface area contributed by atoms with Crippen LogP contribution in [0.4, 0.5) is 11.8 Å². The van der Waals surface area contributed by atoms with Crippen molar-refractivity contribution in [3.8, 4) is 6.07 Å². The zero-order chi connectivity index (χ0) is 41.2. The summed E-state index contributed by atoms with van der Waals surface area (Å²) in [5.41, 5.74) is 0.799. The van der Waals surface area contributed by atoms with E-state index in [2.05, 4.69) is 25.3 Å². The summed E-state index contributed by atoms with van der Waals surface area (Å²) < 4.78 is 32.0. The Morgan fingerprint density at radius 1 is 1.23 bits per heavy atom. The fourth-order valence-electron chi connectivity index (χ4n) is 6.37. The lowest BCUT2D eigenvalue weighted by Gasteiger charge is -2.49. The summed E-state index contributed by atoms with van der Waals surface area (Å²) in [7, 11) is 0. The van der Waals surface area contributed by atoms with E-state index in [4.69, 9.17) is 41.0 Å². The van der Waals surface area contributed by atoms with Crippen LogP contribution in [0.2, 0.25) is 0 Å². The van der Waals surface area contributed by atoms with Crippen molar-refractivity contribution in [2.45, 2.75) is 95.0 Å². The standard InChI is InChI=1S/C31H40N9O14PS/c1-15(2)26(44)37-28-36-25-23(27(45)38-28)34-14-40(25)20-11-17(51-22(43)6-5-16(3)42)24(53-20)31(50-10-4-8-32,54-55(48,49)56)30(47)12-21(52-18(30)13-41)39-9-7-19(33)35-29(39)46/h7,9,14-15,17-18,20-21,24,41,47H,4-6,10-13H2,1-3H3,(H2,33,35,46)(H2,48,49,56)(H2,36,37,38,44,45)/t17-,18+,20+,21+,24-,30+,31?/m0/s1. The van der Waals surface area contributed by atoms with Crippen LogP contribution in [0.5, 0.6) is 0 Å². The fourth-order valence-corrected chi connectivity index (χ4v) is 7.37. The Bertz CT molecular complexity index is 2190. The van der Waals surface area contributed by atoms with Crippen molar-refractivity contribution < 1.29 is 57.9 Å². The van der Waals surface area contributed by atoms with Crippen LogP contribution in [0, 0.1) is 17.2 Å². The average molecular weight is 826 g/mol. The molecular formula is C31H40N9O14PS. The van der Waals surface area contributed by atoms with E-state index < -0.39 is 110 Å². The van der Waals surface area contributed by atoms with Crippen LogP contribution >= 0.6 is 6.72 Å². The van der Waals surface area contributed by atoms with Crippen LogP contribution in [0.1, 0.15) is 65.3 Å². The molecule has 2 saturated heterocycles. The number of Topliss-reactive ketones (excluding diaryl/α,β-unsaturated/α-hetero) is 1. The number of carbonyl (C=O) groups is 3. The van der Waals surface area contributed by atoms with Gasteiger partial charge in [-0.25, -0.2) is 9.78 Å². The van der Waals surface area contributed by atoms with E-state index in [9.17, 15) is 49.2 Å². The summed E-state index contributed by atoms with van der Waals surface area (Å²) in [6.07, 6.45) is -8.06. The zero-order valence-electron chi connectivity index (χ0n) is 30.1. The van der Waals surface area contributed by atoms with Gasteiger partial charge < -0.3 is 49.5 Å². The molecule has 0 bridgehead atoms. The molecule has 2 fully saturated rings. The quantitative estimate of drug-likeness (QED) is 0.0393. The van der Waals surface area contributed by atoms with Crippen LogP contribution in [0.3, 0.4) is 0 Å². The molecule has 0 aliphatic carbocycles. The predicted octanol–water partition coefficient (Wildman–Crippen LogP) is -1.02. The molecule has 0 aromatic carbocycles. The van der Waals surface area contributed by atoms with Crippen molar-refractivity contribution in [1.82, 2.24) is 29.1 Å². The van der Waals surface area contributed by atoms with Crippen molar-refractivity contribution in [1.29, 1.82) is 5.26 Å². The number of fused-ring (bicyclic) bond motifs is 1. The molecule has 5 rings (SSSR count). The topological polar surface area (TPSA) is 339 Å². The van der Waals surface area contributed by atoms with Gasteiger partial charge in [0.25, 0.3) is 5.56 Å². The molecule has 304 valence electrons. The molecule has 23 nitrogen and oxygen atoms in total. The molecule has 2 aliphatic rings. The van der Waals surface area contributed by atoms with E-state index in [1.807, 2.05) is 6.07 Å². The highest BCUT2D eigenvalue weighted by Gasteiger charge is 2.71. The lowest BCUT2D eigenvalue weighted by Crippen LogP contribution is -2.70. The number of anilines is 2. The normalized spacial score (nSPS) is 24.9. The van der Waals surface area contributed by atoms with Gasteiger partial charge in [0.05, 0.1) is 38.5 Å². The maximum absolute atomic E-state index is 13.2. The fraction of sp³-hybridized carbons (Fsp3) is 0.581. The third kappa shape index (κ3) is 8.87. The van der Waals surface area contributed by atoms with E-state index >= 15 is 0 Å². The van der Waals surface area contributed by atoms with Crippen molar-refractivity contribution in [3.63, 3.8) is 0 Å². The molecule has 8 N–H and O–H groups in total. The first kappa shape index (κ1) is 42.6. The number of amides is 1. The Morgan fingerprint density at radius 2 is 1.96 bits per heavy atom. The Morgan fingerprint density at radius 3 is 2.59 bits per heavy atom. The van der Waals surface area contributed by atoms with Crippen molar-refractivity contribution in [2.24, 2.45) is 5.92 Å². The molecular weight excluding hydrogens is 785 g/mol. The number of hydrogen-bond acceptors (Lipinski definition) is 18.